The number of hydrogen-bond acceptors (Lipinski definition) is 2. The number of allylic oxidation sites excluding steroid dienone is 2. The van der Waals surface area contributed by atoms with Crippen LogP contribution in [-0.2, 0) is 6.42 Å². The van der Waals surface area contributed by atoms with Crippen LogP contribution in [0.25, 0.3) is 0 Å². The van der Waals surface area contributed by atoms with Crippen molar-refractivity contribution >= 4 is 22.6 Å². The summed E-state index contributed by atoms with van der Waals surface area (Å²) in [7, 11) is 0. The molecule has 2 nitrogen and oxygen atoms in total. The highest BCUT2D eigenvalue weighted by Crippen LogP contribution is 2.54. The molecule has 1 aliphatic carbocycles. The van der Waals surface area contributed by atoms with Gasteiger partial charge in [-0.3, -0.25) is 0 Å². The second-order valence-electron chi connectivity index (χ2n) is 7.47. The minimum Gasteiger partial charge on any atom is -0.507 e. The highest BCUT2D eigenvalue weighted by Gasteiger charge is 2.45. The van der Waals surface area contributed by atoms with Crippen molar-refractivity contribution in [3.8, 4) is 11.5 Å². The van der Waals surface area contributed by atoms with E-state index in [0.29, 0.717) is 11.7 Å². The van der Waals surface area contributed by atoms with Crippen LogP contribution in [0.1, 0.15) is 69.9 Å². The first-order valence-corrected chi connectivity index (χ1v) is 9.91. The molecular formula is C20H27IO2. The van der Waals surface area contributed by atoms with Gasteiger partial charge in [0, 0.05) is 17.4 Å². The number of ether oxygens (including phenoxy) is 1. The van der Waals surface area contributed by atoms with E-state index in [0.717, 1.165) is 30.6 Å². The zero-order chi connectivity index (χ0) is 16.6. The van der Waals surface area contributed by atoms with E-state index < -0.39 is 0 Å². The smallest absolute Gasteiger partial charge is 0.127 e. The summed E-state index contributed by atoms with van der Waals surface area (Å²) in [6.07, 6.45) is 9.22. The fourth-order valence-corrected chi connectivity index (χ4v) is 4.80. The Hall–Kier alpha value is -0.710. The zero-order valence-electron chi connectivity index (χ0n) is 14.4. The van der Waals surface area contributed by atoms with Gasteiger partial charge in [0.05, 0.1) is 0 Å². The molecule has 1 heterocycles. The number of phenols is 1. The van der Waals surface area contributed by atoms with Crippen LogP contribution in [0, 0.1) is 5.92 Å². The van der Waals surface area contributed by atoms with Crippen molar-refractivity contribution in [3.05, 3.63) is 32.9 Å². The van der Waals surface area contributed by atoms with E-state index in [9.17, 15) is 5.11 Å². The summed E-state index contributed by atoms with van der Waals surface area (Å²) in [4.78, 5) is 0. The average molecular weight is 426 g/mol. The standard InChI is InChI=1S/C20H27IO2/c1-4-5-6-7-13-10-17(22)19-15-12-14(21)8-9-16(15)20(2,3)23-18(19)11-13/h10-12,15-16,22H,4-9H2,1-3H3/t15-,16-/m1/s1. The maximum absolute atomic E-state index is 10.7. The molecule has 0 fully saturated rings. The van der Waals surface area contributed by atoms with Gasteiger partial charge in [-0.1, -0.05) is 25.8 Å². The Morgan fingerprint density at radius 3 is 2.83 bits per heavy atom. The van der Waals surface area contributed by atoms with Crippen molar-refractivity contribution in [2.45, 2.75) is 70.8 Å². The van der Waals surface area contributed by atoms with Gasteiger partial charge in [-0.05, 0) is 83.4 Å². The minimum atomic E-state index is -0.181. The van der Waals surface area contributed by atoms with Crippen molar-refractivity contribution in [3.63, 3.8) is 0 Å². The quantitative estimate of drug-likeness (QED) is 0.465. The first-order chi connectivity index (χ1) is 10.9. The molecule has 1 aliphatic heterocycles. The summed E-state index contributed by atoms with van der Waals surface area (Å²) in [5.41, 5.74) is 2.01. The molecule has 0 saturated heterocycles. The minimum absolute atomic E-state index is 0.181. The van der Waals surface area contributed by atoms with Crippen molar-refractivity contribution < 1.29 is 9.84 Å². The Bertz CT molecular complexity index is 618. The molecule has 0 aromatic heterocycles. The van der Waals surface area contributed by atoms with Crippen LogP contribution in [0.5, 0.6) is 11.5 Å². The number of aromatic hydroxyl groups is 1. The fraction of sp³-hybridized carbons (Fsp3) is 0.600. The predicted octanol–water partition coefficient (Wildman–Crippen LogP) is 6.11. The molecular weight excluding hydrogens is 399 g/mol. The predicted molar refractivity (Wildman–Crippen MR) is 104 cm³/mol. The average Bonchev–Trinajstić information content (AvgIpc) is 2.46. The molecule has 1 aromatic rings. The first-order valence-electron chi connectivity index (χ1n) is 8.83. The Morgan fingerprint density at radius 2 is 2.09 bits per heavy atom. The van der Waals surface area contributed by atoms with Gasteiger partial charge in [0.1, 0.15) is 17.1 Å². The molecule has 0 unspecified atom stereocenters. The molecule has 3 heteroatoms. The van der Waals surface area contributed by atoms with Gasteiger partial charge in [0.15, 0.2) is 0 Å². The molecule has 2 aliphatic rings. The molecule has 0 saturated carbocycles. The summed E-state index contributed by atoms with van der Waals surface area (Å²) in [5.74, 6) is 2.02. The van der Waals surface area contributed by atoms with Crippen LogP contribution in [0.3, 0.4) is 0 Å². The van der Waals surface area contributed by atoms with Crippen molar-refractivity contribution in [2.24, 2.45) is 5.92 Å². The summed E-state index contributed by atoms with van der Waals surface area (Å²) >= 11 is 2.44. The molecule has 23 heavy (non-hydrogen) atoms. The normalized spacial score (nSPS) is 25.1. The molecule has 2 atom stereocenters. The molecule has 3 rings (SSSR count). The zero-order valence-corrected chi connectivity index (χ0v) is 16.5. The molecule has 126 valence electrons. The van der Waals surface area contributed by atoms with Crippen LogP contribution in [-0.4, -0.2) is 10.7 Å². The molecule has 1 aromatic carbocycles. The number of aryl methyl sites for hydroxylation is 1. The van der Waals surface area contributed by atoms with Crippen LogP contribution in [0.2, 0.25) is 0 Å². The summed E-state index contributed by atoms with van der Waals surface area (Å²) in [6, 6.07) is 4.13. The Balaban J connectivity index is 1.99. The second-order valence-corrected chi connectivity index (χ2v) is 8.86. The van der Waals surface area contributed by atoms with E-state index in [1.165, 1.54) is 28.4 Å². The van der Waals surface area contributed by atoms with Crippen LogP contribution in [0.15, 0.2) is 21.8 Å². The van der Waals surface area contributed by atoms with Gasteiger partial charge in [-0.2, -0.15) is 0 Å². The van der Waals surface area contributed by atoms with Crippen molar-refractivity contribution in [1.29, 1.82) is 0 Å². The van der Waals surface area contributed by atoms with Gasteiger partial charge in [0.2, 0.25) is 0 Å². The van der Waals surface area contributed by atoms with E-state index in [4.69, 9.17) is 4.74 Å². The number of phenolic OH excluding ortho intramolecular Hbond substituents is 1. The van der Waals surface area contributed by atoms with E-state index >= 15 is 0 Å². The number of unbranched alkanes of at least 4 members (excludes halogenated alkanes) is 2. The van der Waals surface area contributed by atoms with E-state index in [2.05, 4.69) is 55.5 Å². The number of fused-ring (bicyclic) bond motifs is 3. The monoisotopic (exact) mass is 426 g/mol. The van der Waals surface area contributed by atoms with Gasteiger partial charge in [0.25, 0.3) is 0 Å². The topological polar surface area (TPSA) is 29.5 Å². The third-order valence-corrected chi connectivity index (χ3v) is 6.24. The molecule has 1 N–H and O–H groups in total. The van der Waals surface area contributed by atoms with Crippen molar-refractivity contribution in [1.82, 2.24) is 0 Å². The Morgan fingerprint density at radius 1 is 1.30 bits per heavy atom. The maximum atomic E-state index is 10.7. The van der Waals surface area contributed by atoms with Gasteiger partial charge >= 0.3 is 0 Å². The summed E-state index contributed by atoms with van der Waals surface area (Å²) in [5, 5.41) is 10.7. The Labute approximate surface area is 153 Å². The van der Waals surface area contributed by atoms with E-state index in [1.807, 2.05) is 6.07 Å². The van der Waals surface area contributed by atoms with Crippen LogP contribution >= 0.6 is 22.6 Å². The van der Waals surface area contributed by atoms with Crippen LogP contribution in [0.4, 0.5) is 0 Å². The lowest BCUT2D eigenvalue weighted by molar-refractivity contribution is 0.0113. The van der Waals surface area contributed by atoms with Crippen molar-refractivity contribution in [2.75, 3.05) is 0 Å². The Kier molecular flexibility index (Phi) is 4.96. The maximum Gasteiger partial charge on any atom is 0.127 e. The SMILES string of the molecule is CCCCCc1cc(O)c2c(c1)OC(C)(C)[C@@H]1CCC(I)=C[C@@H]21. The second kappa shape index (κ2) is 6.66. The molecule has 0 spiro atoms. The lowest BCUT2D eigenvalue weighted by Gasteiger charge is -2.46. The number of rotatable bonds is 4. The lowest BCUT2D eigenvalue weighted by atomic mass is 9.69. The fourth-order valence-electron chi connectivity index (χ4n) is 4.10. The van der Waals surface area contributed by atoms with Gasteiger partial charge in [-0.25, -0.2) is 0 Å². The number of hydrogen-bond donors (Lipinski definition) is 1. The van der Waals surface area contributed by atoms with E-state index in [-0.39, 0.29) is 11.5 Å². The van der Waals surface area contributed by atoms with Gasteiger partial charge in [-0.15, -0.1) is 0 Å². The van der Waals surface area contributed by atoms with E-state index in [1.54, 1.807) is 0 Å². The van der Waals surface area contributed by atoms with Gasteiger partial charge < -0.3 is 9.84 Å². The molecule has 0 amide bonds. The number of halogens is 1. The van der Waals surface area contributed by atoms with Crippen LogP contribution < -0.4 is 4.74 Å². The highest BCUT2D eigenvalue weighted by atomic mass is 127. The largest absolute Gasteiger partial charge is 0.507 e. The summed E-state index contributed by atoms with van der Waals surface area (Å²) in [6.45, 7) is 6.61. The highest BCUT2D eigenvalue weighted by molar-refractivity contribution is 14.1. The third kappa shape index (κ3) is 3.40. The summed E-state index contributed by atoms with van der Waals surface area (Å²) < 4.78 is 7.76. The molecule has 0 radical (unpaired) electrons. The first kappa shape index (κ1) is 17.1. The number of benzene rings is 1. The molecule has 0 bridgehead atoms. The third-order valence-electron chi connectivity index (χ3n) is 5.34. The lowest BCUT2D eigenvalue weighted by Crippen LogP contribution is -2.45.